The molecule has 0 atom stereocenters. The summed E-state index contributed by atoms with van der Waals surface area (Å²) < 4.78 is 28.1. The Labute approximate surface area is 195 Å². The van der Waals surface area contributed by atoms with Crippen molar-refractivity contribution >= 4 is 22.6 Å². The van der Waals surface area contributed by atoms with Crippen LogP contribution in [0.2, 0.25) is 0 Å². The van der Waals surface area contributed by atoms with Crippen molar-refractivity contribution in [2.75, 3.05) is 5.32 Å². The summed E-state index contributed by atoms with van der Waals surface area (Å²) in [5.41, 5.74) is 4.29. The number of benzene rings is 2. The molecule has 2 N–H and O–H groups in total. The number of para-hydroxylation sites is 1. The second kappa shape index (κ2) is 8.82. The number of rotatable bonds is 7. The van der Waals surface area contributed by atoms with Crippen LogP contribution in [0.4, 0.5) is 14.5 Å². The normalized spacial score (nSPS) is 13.4. The molecule has 2 aromatic heterocycles. The number of hydrogen-bond donors (Lipinski definition) is 2. The van der Waals surface area contributed by atoms with E-state index in [1.807, 2.05) is 25.1 Å². The minimum absolute atomic E-state index is 0.166. The van der Waals surface area contributed by atoms with E-state index < -0.39 is 12.4 Å². The summed E-state index contributed by atoms with van der Waals surface area (Å²) in [7, 11) is 0. The molecule has 172 valence electrons. The third-order valence-electron chi connectivity index (χ3n) is 6.07. The molecule has 1 aliphatic rings. The minimum atomic E-state index is -2.74. The van der Waals surface area contributed by atoms with Gasteiger partial charge < -0.3 is 10.4 Å². The number of alkyl halides is 2. The van der Waals surface area contributed by atoms with E-state index in [1.165, 1.54) is 6.07 Å². The van der Waals surface area contributed by atoms with Gasteiger partial charge in [0.1, 0.15) is 5.69 Å². The highest BCUT2D eigenvalue weighted by atomic mass is 19.3. The third kappa shape index (κ3) is 4.33. The van der Waals surface area contributed by atoms with E-state index in [4.69, 9.17) is 0 Å². The second-order valence-corrected chi connectivity index (χ2v) is 8.64. The van der Waals surface area contributed by atoms with Gasteiger partial charge in [0.15, 0.2) is 0 Å². The maximum atomic E-state index is 14.0. The van der Waals surface area contributed by atoms with Gasteiger partial charge in [-0.1, -0.05) is 24.3 Å². The Bertz CT molecular complexity index is 1400. The van der Waals surface area contributed by atoms with Crippen molar-refractivity contribution in [3.05, 3.63) is 88.7 Å². The van der Waals surface area contributed by atoms with Crippen molar-refractivity contribution in [3.8, 4) is 11.3 Å². The first-order valence-electron chi connectivity index (χ1n) is 11.2. The Morgan fingerprint density at radius 3 is 2.62 bits per heavy atom. The van der Waals surface area contributed by atoms with Gasteiger partial charge in [-0.05, 0) is 67.3 Å². The van der Waals surface area contributed by atoms with Crippen LogP contribution in [0.15, 0.2) is 60.7 Å². The van der Waals surface area contributed by atoms with Gasteiger partial charge in [-0.15, -0.1) is 0 Å². The van der Waals surface area contributed by atoms with Gasteiger partial charge in [-0.25, -0.2) is 18.6 Å². The molecule has 1 aliphatic carbocycles. The number of halogens is 2. The number of hydrogen-bond acceptors (Lipinski definition) is 4. The molecule has 1 saturated carbocycles. The zero-order chi connectivity index (χ0) is 23.8. The van der Waals surface area contributed by atoms with Gasteiger partial charge in [0.05, 0.1) is 16.8 Å². The van der Waals surface area contributed by atoms with Crippen molar-refractivity contribution in [2.24, 2.45) is 0 Å². The van der Waals surface area contributed by atoms with Crippen LogP contribution in [-0.4, -0.2) is 21.0 Å². The standard InChI is InChI=1S/C27H23F2N3O2/c1-15-11-17(14-30-22-6-3-2-5-18(22)27(33)34)19-13-20(25(26(28)29)32-24(19)12-15)23-8-4-7-21(31-23)16-9-10-16/h2-8,11-13,16,26,30H,9-10,14H2,1H3,(H,33,34). The summed E-state index contributed by atoms with van der Waals surface area (Å²) in [5, 5.41) is 13.4. The lowest BCUT2D eigenvalue weighted by Crippen LogP contribution is -2.07. The number of carbonyl (C=O) groups is 1. The molecule has 4 aromatic rings. The van der Waals surface area contributed by atoms with E-state index >= 15 is 0 Å². The zero-order valence-corrected chi connectivity index (χ0v) is 18.6. The molecular weight excluding hydrogens is 436 g/mol. The third-order valence-corrected chi connectivity index (χ3v) is 6.07. The number of nitrogens with zero attached hydrogens (tertiary/aromatic N) is 2. The van der Waals surface area contributed by atoms with E-state index in [9.17, 15) is 18.7 Å². The Morgan fingerprint density at radius 1 is 1.09 bits per heavy atom. The van der Waals surface area contributed by atoms with Crippen molar-refractivity contribution in [2.45, 2.75) is 38.7 Å². The van der Waals surface area contributed by atoms with Crippen LogP contribution in [0.5, 0.6) is 0 Å². The molecule has 7 heteroatoms. The molecule has 1 fully saturated rings. The molecular formula is C27H23F2N3O2. The summed E-state index contributed by atoms with van der Waals surface area (Å²) in [5.74, 6) is -0.621. The number of carboxylic acid groups (broad SMARTS) is 1. The van der Waals surface area contributed by atoms with Crippen LogP contribution >= 0.6 is 0 Å². The van der Waals surface area contributed by atoms with Gasteiger partial charge >= 0.3 is 5.97 Å². The van der Waals surface area contributed by atoms with Gasteiger partial charge in [-0.2, -0.15) is 0 Å². The molecule has 0 bridgehead atoms. The summed E-state index contributed by atoms with van der Waals surface area (Å²) >= 11 is 0. The number of aromatic nitrogens is 2. The van der Waals surface area contributed by atoms with Crippen LogP contribution in [0.3, 0.4) is 0 Å². The molecule has 0 unspecified atom stereocenters. The minimum Gasteiger partial charge on any atom is -0.478 e. The lowest BCUT2D eigenvalue weighted by molar-refractivity contribution is 0.0698. The fourth-order valence-corrected chi connectivity index (χ4v) is 4.26. The molecule has 34 heavy (non-hydrogen) atoms. The predicted octanol–water partition coefficient (Wildman–Crippen LogP) is 6.73. The highest BCUT2D eigenvalue weighted by Gasteiger charge is 2.26. The lowest BCUT2D eigenvalue weighted by Gasteiger charge is -2.15. The molecule has 2 heterocycles. The highest BCUT2D eigenvalue weighted by Crippen LogP contribution is 2.40. The maximum Gasteiger partial charge on any atom is 0.337 e. The average molecular weight is 459 g/mol. The fraction of sp³-hybridized carbons (Fsp3) is 0.222. The molecule has 0 saturated heterocycles. The van der Waals surface area contributed by atoms with Crippen LogP contribution in [-0.2, 0) is 6.54 Å². The first-order chi connectivity index (χ1) is 16.4. The molecule has 0 amide bonds. The zero-order valence-electron chi connectivity index (χ0n) is 18.6. The highest BCUT2D eigenvalue weighted by molar-refractivity contribution is 5.94. The number of fused-ring (bicyclic) bond motifs is 1. The number of carboxylic acids is 1. The first-order valence-corrected chi connectivity index (χ1v) is 11.2. The number of aromatic carboxylic acids is 1. The van der Waals surface area contributed by atoms with Crippen molar-refractivity contribution in [1.29, 1.82) is 0 Å². The first kappa shape index (κ1) is 21.9. The molecule has 0 spiro atoms. The maximum absolute atomic E-state index is 14.0. The van der Waals surface area contributed by atoms with Gasteiger partial charge in [-0.3, -0.25) is 4.98 Å². The topological polar surface area (TPSA) is 75.1 Å². The summed E-state index contributed by atoms with van der Waals surface area (Å²) in [6.45, 7) is 2.19. The number of pyridine rings is 2. The predicted molar refractivity (Wildman–Crippen MR) is 127 cm³/mol. The van der Waals surface area contributed by atoms with E-state index in [2.05, 4.69) is 15.3 Å². The second-order valence-electron chi connectivity index (χ2n) is 8.64. The van der Waals surface area contributed by atoms with Crippen LogP contribution < -0.4 is 5.32 Å². The Balaban J connectivity index is 1.60. The summed E-state index contributed by atoms with van der Waals surface area (Å²) in [6, 6.07) is 17.7. The van der Waals surface area contributed by atoms with Crippen molar-refractivity contribution in [3.63, 3.8) is 0 Å². The Morgan fingerprint density at radius 2 is 1.88 bits per heavy atom. The largest absolute Gasteiger partial charge is 0.478 e. The van der Waals surface area contributed by atoms with E-state index in [0.717, 1.165) is 35.0 Å². The van der Waals surface area contributed by atoms with Crippen LogP contribution in [0.25, 0.3) is 22.2 Å². The van der Waals surface area contributed by atoms with Crippen molar-refractivity contribution in [1.82, 2.24) is 9.97 Å². The molecule has 2 aromatic carbocycles. The molecule has 0 radical (unpaired) electrons. The SMILES string of the molecule is Cc1cc(CNc2ccccc2C(=O)O)c2cc(-c3cccc(C4CC4)n3)c(C(F)F)nc2c1. The monoisotopic (exact) mass is 459 g/mol. The lowest BCUT2D eigenvalue weighted by atomic mass is 9.99. The molecule has 5 nitrogen and oxygen atoms in total. The van der Waals surface area contributed by atoms with Crippen LogP contribution in [0.1, 0.15) is 58.1 Å². The Kier molecular flexibility index (Phi) is 5.69. The molecule has 5 rings (SSSR count). The Hall–Kier alpha value is -3.87. The smallest absolute Gasteiger partial charge is 0.337 e. The van der Waals surface area contributed by atoms with Gasteiger partial charge in [0.25, 0.3) is 6.43 Å². The van der Waals surface area contributed by atoms with Crippen LogP contribution in [0, 0.1) is 6.92 Å². The number of nitrogens with one attached hydrogen (secondary N) is 1. The fourth-order valence-electron chi connectivity index (χ4n) is 4.26. The van der Waals surface area contributed by atoms with E-state index in [0.29, 0.717) is 34.9 Å². The quantitative estimate of drug-likeness (QED) is 0.320. The summed E-state index contributed by atoms with van der Waals surface area (Å²) in [4.78, 5) is 20.6. The molecule has 0 aliphatic heterocycles. The van der Waals surface area contributed by atoms with E-state index in [1.54, 1.807) is 36.4 Å². The van der Waals surface area contributed by atoms with Gasteiger partial charge in [0, 0.05) is 34.8 Å². The number of anilines is 1. The van der Waals surface area contributed by atoms with Gasteiger partial charge in [0.2, 0.25) is 0 Å². The number of aryl methyl sites for hydroxylation is 1. The van der Waals surface area contributed by atoms with Crippen molar-refractivity contribution < 1.29 is 18.7 Å². The summed E-state index contributed by atoms with van der Waals surface area (Å²) in [6.07, 6.45) is -0.600. The van der Waals surface area contributed by atoms with E-state index in [-0.39, 0.29) is 11.3 Å². The average Bonchev–Trinajstić information content (AvgIpc) is 3.67.